The van der Waals surface area contributed by atoms with Crippen LogP contribution in [0, 0.1) is 13.8 Å². The minimum absolute atomic E-state index is 0.0434. The molecule has 0 bridgehead atoms. The maximum absolute atomic E-state index is 13.3. The van der Waals surface area contributed by atoms with E-state index in [0.29, 0.717) is 17.8 Å². The molecule has 2 aromatic heterocycles. The van der Waals surface area contributed by atoms with Crippen molar-refractivity contribution < 1.29 is 16.8 Å². The van der Waals surface area contributed by atoms with E-state index in [-0.39, 0.29) is 42.0 Å². The van der Waals surface area contributed by atoms with Crippen LogP contribution < -0.4 is 0 Å². The summed E-state index contributed by atoms with van der Waals surface area (Å²) >= 11 is 0. The Kier molecular flexibility index (Phi) is 5.91. The standard InChI is InChI=1S/C17H28N6O4S2/c1-13(2)23-15(4)17(14(3)19-23)29(26,27)22-8-6-7-21(9-10-22)28(24,25)16-11-18-20(5)12-16/h11-13H,6-10H2,1-5H3. The smallest absolute Gasteiger partial charge is 0.246 e. The molecule has 0 aromatic carbocycles. The molecular formula is C17H28N6O4S2. The first kappa shape index (κ1) is 21.9. The van der Waals surface area contributed by atoms with E-state index in [1.165, 1.54) is 25.7 Å². The molecule has 0 unspecified atom stereocenters. The zero-order chi connectivity index (χ0) is 21.6. The van der Waals surface area contributed by atoms with Crippen LogP contribution in [0.5, 0.6) is 0 Å². The van der Waals surface area contributed by atoms with Crippen LogP contribution in [0.15, 0.2) is 22.2 Å². The van der Waals surface area contributed by atoms with Crippen LogP contribution in [0.1, 0.15) is 37.7 Å². The molecule has 1 aliphatic heterocycles. The highest BCUT2D eigenvalue weighted by molar-refractivity contribution is 7.89. The van der Waals surface area contributed by atoms with Crippen molar-refractivity contribution in [1.82, 2.24) is 28.2 Å². The van der Waals surface area contributed by atoms with Crippen LogP contribution in [0.25, 0.3) is 0 Å². The van der Waals surface area contributed by atoms with E-state index in [2.05, 4.69) is 10.2 Å². The molecule has 0 amide bonds. The predicted octanol–water partition coefficient (Wildman–Crippen LogP) is 0.900. The second kappa shape index (κ2) is 7.82. The Morgan fingerprint density at radius 2 is 1.55 bits per heavy atom. The SMILES string of the molecule is Cc1nn(C(C)C)c(C)c1S(=O)(=O)N1CCCN(S(=O)(=O)c2cnn(C)c2)CC1. The lowest BCUT2D eigenvalue weighted by atomic mass is 10.3. The second-order valence-electron chi connectivity index (χ2n) is 7.55. The van der Waals surface area contributed by atoms with Gasteiger partial charge in [-0.2, -0.15) is 18.8 Å². The molecule has 29 heavy (non-hydrogen) atoms. The highest BCUT2D eigenvalue weighted by atomic mass is 32.2. The Hall–Kier alpha value is -1.76. The van der Waals surface area contributed by atoms with Gasteiger partial charge in [-0.25, -0.2) is 16.8 Å². The number of hydrogen-bond donors (Lipinski definition) is 0. The van der Waals surface area contributed by atoms with Gasteiger partial charge in [0.05, 0.1) is 17.6 Å². The zero-order valence-electron chi connectivity index (χ0n) is 17.4. The summed E-state index contributed by atoms with van der Waals surface area (Å²) in [6.45, 7) is 8.03. The second-order valence-corrected chi connectivity index (χ2v) is 11.4. The molecule has 0 radical (unpaired) electrons. The summed E-state index contributed by atoms with van der Waals surface area (Å²) in [5.41, 5.74) is 1.06. The zero-order valence-corrected chi connectivity index (χ0v) is 19.0. The largest absolute Gasteiger partial charge is 0.274 e. The van der Waals surface area contributed by atoms with Crippen LogP contribution in [0.2, 0.25) is 0 Å². The van der Waals surface area contributed by atoms with Gasteiger partial charge in [0, 0.05) is 45.5 Å². The van der Waals surface area contributed by atoms with Crippen LogP contribution in [0.3, 0.4) is 0 Å². The van der Waals surface area contributed by atoms with Gasteiger partial charge < -0.3 is 0 Å². The first-order valence-corrected chi connectivity index (χ1v) is 12.4. The van der Waals surface area contributed by atoms with Gasteiger partial charge in [-0.15, -0.1) is 0 Å². The molecular weight excluding hydrogens is 416 g/mol. The van der Waals surface area contributed by atoms with Crippen molar-refractivity contribution in [3.63, 3.8) is 0 Å². The molecule has 0 spiro atoms. The molecule has 3 rings (SSSR count). The van der Waals surface area contributed by atoms with Crippen molar-refractivity contribution in [2.75, 3.05) is 26.2 Å². The van der Waals surface area contributed by atoms with E-state index in [1.54, 1.807) is 25.6 Å². The molecule has 2 aromatic rings. The monoisotopic (exact) mass is 444 g/mol. The molecule has 1 saturated heterocycles. The topological polar surface area (TPSA) is 110 Å². The fourth-order valence-electron chi connectivity index (χ4n) is 3.68. The normalized spacial score (nSPS) is 17.7. The quantitative estimate of drug-likeness (QED) is 0.678. The van der Waals surface area contributed by atoms with E-state index in [9.17, 15) is 16.8 Å². The van der Waals surface area contributed by atoms with Crippen LogP contribution in [-0.4, -0.2) is 71.2 Å². The van der Waals surface area contributed by atoms with Crippen molar-refractivity contribution in [1.29, 1.82) is 0 Å². The van der Waals surface area contributed by atoms with Crippen molar-refractivity contribution in [2.45, 2.75) is 49.9 Å². The average Bonchev–Trinajstić information content (AvgIpc) is 3.08. The Labute approximate surface area is 172 Å². The molecule has 10 nitrogen and oxygen atoms in total. The first-order chi connectivity index (χ1) is 13.5. The average molecular weight is 445 g/mol. The maximum atomic E-state index is 13.3. The Morgan fingerprint density at radius 1 is 0.966 bits per heavy atom. The number of rotatable bonds is 5. The minimum Gasteiger partial charge on any atom is -0.274 e. The summed E-state index contributed by atoms with van der Waals surface area (Å²) in [6, 6.07) is 0.0434. The van der Waals surface area contributed by atoms with E-state index >= 15 is 0 Å². The fraction of sp³-hybridized carbons (Fsp3) is 0.647. The Balaban J connectivity index is 1.86. The first-order valence-electron chi connectivity index (χ1n) is 9.51. The van der Waals surface area contributed by atoms with Crippen LogP contribution >= 0.6 is 0 Å². The number of sulfonamides is 2. The summed E-state index contributed by atoms with van der Waals surface area (Å²) < 4.78 is 58.2. The third-order valence-corrected chi connectivity index (χ3v) is 9.08. The van der Waals surface area contributed by atoms with Gasteiger partial charge >= 0.3 is 0 Å². The molecule has 1 fully saturated rings. The van der Waals surface area contributed by atoms with Gasteiger partial charge in [0.15, 0.2) is 0 Å². The van der Waals surface area contributed by atoms with E-state index in [1.807, 2.05) is 13.8 Å². The van der Waals surface area contributed by atoms with Crippen molar-refractivity contribution >= 4 is 20.0 Å². The van der Waals surface area contributed by atoms with Gasteiger partial charge in [-0.3, -0.25) is 9.36 Å². The molecule has 0 saturated carbocycles. The Bertz CT molecular complexity index is 1100. The third kappa shape index (κ3) is 3.98. The number of nitrogens with zero attached hydrogens (tertiary/aromatic N) is 6. The van der Waals surface area contributed by atoms with Gasteiger partial charge in [0.2, 0.25) is 20.0 Å². The van der Waals surface area contributed by atoms with Crippen molar-refractivity contribution in [3.05, 3.63) is 23.8 Å². The number of aromatic nitrogens is 4. The highest BCUT2D eigenvalue weighted by Gasteiger charge is 2.35. The van der Waals surface area contributed by atoms with Crippen LogP contribution in [0.4, 0.5) is 0 Å². The lowest BCUT2D eigenvalue weighted by Crippen LogP contribution is -2.37. The van der Waals surface area contributed by atoms with Crippen LogP contribution in [-0.2, 0) is 27.1 Å². The number of aryl methyl sites for hydroxylation is 2. The lowest BCUT2D eigenvalue weighted by Gasteiger charge is -2.21. The maximum Gasteiger partial charge on any atom is 0.246 e. The number of hydrogen-bond acceptors (Lipinski definition) is 6. The molecule has 0 aliphatic carbocycles. The predicted molar refractivity (Wildman–Crippen MR) is 107 cm³/mol. The fourth-order valence-corrected chi connectivity index (χ4v) is 6.97. The summed E-state index contributed by atoms with van der Waals surface area (Å²) in [5.74, 6) is 0. The summed E-state index contributed by atoms with van der Waals surface area (Å²) in [7, 11) is -5.84. The van der Waals surface area contributed by atoms with Gasteiger partial charge in [0.25, 0.3) is 0 Å². The van der Waals surface area contributed by atoms with Crippen molar-refractivity contribution in [3.8, 4) is 0 Å². The minimum atomic E-state index is -3.78. The van der Waals surface area contributed by atoms with Gasteiger partial charge in [-0.05, 0) is 34.1 Å². The lowest BCUT2D eigenvalue weighted by molar-refractivity contribution is 0.404. The van der Waals surface area contributed by atoms with Crippen molar-refractivity contribution in [2.24, 2.45) is 7.05 Å². The molecule has 0 atom stereocenters. The molecule has 0 N–H and O–H groups in total. The summed E-state index contributed by atoms with van der Waals surface area (Å²) in [5, 5.41) is 8.31. The molecule has 1 aliphatic rings. The summed E-state index contributed by atoms with van der Waals surface area (Å²) in [4.78, 5) is 0.330. The highest BCUT2D eigenvalue weighted by Crippen LogP contribution is 2.27. The molecule has 3 heterocycles. The van der Waals surface area contributed by atoms with E-state index in [0.717, 1.165) is 0 Å². The van der Waals surface area contributed by atoms with Gasteiger partial charge in [-0.1, -0.05) is 0 Å². The van der Waals surface area contributed by atoms with Gasteiger partial charge in [0.1, 0.15) is 9.79 Å². The molecule has 12 heteroatoms. The Morgan fingerprint density at radius 3 is 2.03 bits per heavy atom. The third-order valence-electron chi connectivity index (χ3n) is 5.08. The molecule has 162 valence electrons. The van der Waals surface area contributed by atoms with E-state index in [4.69, 9.17) is 0 Å². The van der Waals surface area contributed by atoms with E-state index < -0.39 is 20.0 Å². The summed E-state index contributed by atoms with van der Waals surface area (Å²) in [6.07, 6.45) is 3.17.